The van der Waals surface area contributed by atoms with E-state index in [2.05, 4.69) is 20.9 Å². The van der Waals surface area contributed by atoms with Crippen LogP contribution in [-0.4, -0.2) is 64.0 Å². The minimum atomic E-state index is -0.939. The summed E-state index contributed by atoms with van der Waals surface area (Å²) in [6.45, 7) is 3.70. The van der Waals surface area contributed by atoms with Gasteiger partial charge in [0.1, 0.15) is 23.4 Å². The summed E-state index contributed by atoms with van der Waals surface area (Å²) in [5.41, 5.74) is 0.808. The first kappa shape index (κ1) is 26.0. The topological polar surface area (TPSA) is 128 Å². The summed E-state index contributed by atoms with van der Waals surface area (Å²) in [6, 6.07) is 14.3. The highest BCUT2D eigenvalue weighted by Crippen LogP contribution is 2.29. The lowest BCUT2D eigenvalue weighted by Gasteiger charge is -2.25. The molecule has 1 saturated heterocycles. The number of Topliss-reactive ketones (excluding diaryl/α,β-unsaturated/α-hetero) is 1. The quantitative estimate of drug-likeness (QED) is 0.358. The first-order chi connectivity index (χ1) is 17.8. The Morgan fingerprint density at radius 3 is 2.22 bits per heavy atom. The average molecular weight is 506 g/mol. The summed E-state index contributed by atoms with van der Waals surface area (Å²) < 4.78 is 12.0. The Bertz CT molecular complexity index is 1210. The third kappa shape index (κ3) is 6.59. The number of aromatic nitrogens is 3. The Morgan fingerprint density at radius 1 is 1.00 bits per heavy atom. The molecule has 1 aliphatic rings. The molecular weight excluding hydrogens is 474 g/mol. The number of hydrogen-bond acceptors (Lipinski definition) is 7. The van der Waals surface area contributed by atoms with Crippen molar-refractivity contribution >= 4 is 17.6 Å². The zero-order valence-electron chi connectivity index (χ0n) is 21.1. The maximum absolute atomic E-state index is 13.6. The number of rotatable bonds is 12. The van der Waals surface area contributed by atoms with Crippen molar-refractivity contribution in [2.45, 2.75) is 50.4 Å². The van der Waals surface area contributed by atoms with Gasteiger partial charge in [-0.15, -0.1) is 5.10 Å². The van der Waals surface area contributed by atoms with Crippen molar-refractivity contribution in [2.24, 2.45) is 0 Å². The predicted octanol–water partition coefficient (Wildman–Crippen LogP) is 1.66. The number of hydrogen-bond donors (Lipinski definition) is 2. The van der Waals surface area contributed by atoms with Crippen LogP contribution in [0.4, 0.5) is 0 Å². The number of epoxide rings is 1. The summed E-state index contributed by atoms with van der Waals surface area (Å²) >= 11 is 0. The SMILES string of the molecule is COc1ccc(CC(NC(=O)C(C)n2ccnn2)C(=O)NC(Cc2ccccc2)C(=O)C2(C)CO2)cc1. The third-order valence-electron chi connectivity index (χ3n) is 6.46. The number of ether oxygens (including phenoxy) is 2. The van der Waals surface area contributed by atoms with Gasteiger partial charge in [-0.2, -0.15) is 0 Å². The molecule has 0 bridgehead atoms. The molecule has 1 fully saturated rings. The molecule has 0 radical (unpaired) electrons. The molecule has 2 amide bonds. The first-order valence-electron chi connectivity index (χ1n) is 12.1. The van der Waals surface area contributed by atoms with E-state index in [-0.39, 0.29) is 12.2 Å². The summed E-state index contributed by atoms with van der Waals surface area (Å²) in [6.07, 6.45) is 3.58. The van der Waals surface area contributed by atoms with Crippen LogP contribution in [0.2, 0.25) is 0 Å². The Kier molecular flexibility index (Phi) is 7.98. The number of ketones is 1. The fourth-order valence-corrected chi connectivity index (χ4v) is 3.99. The van der Waals surface area contributed by atoms with E-state index in [0.717, 1.165) is 11.1 Å². The standard InChI is InChI=1S/C27H31N5O5/c1-18(32-14-13-28-31-32)25(34)30-23(16-20-9-11-21(36-3)12-10-20)26(35)29-22(24(33)27(2)17-37-27)15-19-7-5-4-6-8-19/h4-14,18,22-23H,15-17H2,1-3H3,(H,29,35)(H,30,34). The Hall–Kier alpha value is -4.05. The highest BCUT2D eigenvalue weighted by Gasteiger charge is 2.50. The van der Waals surface area contributed by atoms with Gasteiger partial charge in [-0.3, -0.25) is 14.4 Å². The van der Waals surface area contributed by atoms with Crippen molar-refractivity contribution in [1.29, 1.82) is 0 Å². The van der Waals surface area contributed by atoms with Crippen molar-refractivity contribution in [3.05, 3.63) is 78.1 Å². The number of nitrogens with one attached hydrogen (secondary N) is 2. The largest absolute Gasteiger partial charge is 0.497 e. The lowest BCUT2D eigenvalue weighted by Crippen LogP contribution is -2.55. The van der Waals surface area contributed by atoms with Crippen molar-refractivity contribution < 1.29 is 23.9 Å². The Labute approximate surface area is 215 Å². The van der Waals surface area contributed by atoms with Gasteiger partial charge in [-0.25, -0.2) is 4.68 Å². The maximum atomic E-state index is 13.6. The highest BCUT2D eigenvalue weighted by molar-refractivity contribution is 5.98. The van der Waals surface area contributed by atoms with Gasteiger partial charge in [0.15, 0.2) is 5.78 Å². The first-order valence-corrected chi connectivity index (χ1v) is 12.1. The van der Waals surface area contributed by atoms with Crippen LogP contribution in [0.3, 0.4) is 0 Å². The Morgan fingerprint density at radius 2 is 1.62 bits per heavy atom. The van der Waals surface area contributed by atoms with Crippen LogP contribution in [0, 0.1) is 0 Å². The van der Waals surface area contributed by atoms with E-state index in [4.69, 9.17) is 9.47 Å². The van der Waals surface area contributed by atoms with Crippen LogP contribution in [0.1, 0.15) is 31.0 Å². The number of benzene rings is 2. The third-order valence-corrected chi connectivity index (χ3v) is 6.46. The summed E-state index contributed by atoms with van der Waals surface area (Å²) in [7, 11) is 1.57. The molecule has 4 unspecified atom stereocenters. The zero-order valence-corrected chi connectivity index (χ0v) is 21.1. The maximum Gasteiger partial charge on any atom is 0.245 e. The molecule has 3 aromatic rings. The predicted molar refractivity (Wildman–Crippen MR) is 135 cm³/mol. The normalized spacial score (nSPS) is 18.8. The molecule has 4 atom stereocenters. The lowest BCUT2D eigenvalue weighted by atomic mass is 9.94. The van der Waals surface area contributed by atoms with Gasteiger partial charge < -0.3 is 20.1 Å². The molecule has 0 spiro atoms. The second kappa shape index (κ2) is 11.3. The fraction of sp³-hybridized carbons (Fsp3) is 0.370. The summed E-state index contributed by atoms with van der Waals surface area (Å²) in [5.74, 6) is -0.383. The van der Waals surface area contributed by atoms with E-state index in [9.17, 15) is 14.4 Å². The molecule has 0 aliphatic carbocycles. The average Bonchev–Trinajstić information content (AvgIpc) is 3.43. The van der Waals surface area contributed by atoms with E-state index in [1.807, 2.05) is 42.5 Å². The molecular formula is C27H31N5O5. The monoisotopic (exact) mass is 505 g/mol. The highest BCUT2D eigenvalue weighted by atomic mass is 16.6. The minimum Gasteiger partial charge on any atom is -0.497 e. The number of methoxy groups -OCH3 is 1. The van der Waals surface area contributed by atoms with E-state index in [1.165, 1.54) is 10.9 Å². The number of carbonyl (C=O) groups excluding carboxylic acids is 3. The zero-order chi connectivity index (χ0) is 26.4. The van der Waals surface area contributed by atoms with E-state index in [1.54, 1.807) is 39.3 Å². The minimum absolute atomic E-state index is 0.199. The fourth-order valence-electron chi connectivity index (χ4n) is 3.99. The molecule has 2 aromatic carbocycles. The second-order valence-electron chi connectivity index (χ2n) is 9.31. The molecule has 194 valence electrons. The van der Waals surface area contributed by atoms with Crippen molar-refractivity contribution in [1.82, 2.24) is 25.6 Å². The van der Waals surface area contributed by atoms with Crippen LogP contribution in [0.5, 0.6) is 5.75 Å². The molecule has 1 aliphatic heterocycles. The van der Waals surface area contributed by atoms with E-state index in [0.29, 0.717) is 18.8 Å². The molecule has 4 rings (SSSR count). The van der Waals surface area contributed by atoms with Gasteiger partial charge >= 0.3 is 0 Å². The van der Waals surface area contributed by atoms with Gasteiger partial charge in [0.2, 0.25) is 11.8 Å². The smallest absolute Gasteiger partial charge is 0.245 e. The molecule has 10 heteroatoms. The van der Waals surface area contributed by atoms with Crippen LogP contribution in [0.15, 0.2) is 67.0 Å². The lowest BCUT2D eigenvalue weighted by molar-refractivity contribution is -0.133. The van der Waals surface area contributed by atoms with Crippen molar-refractivity contribution in [3.63, 3.8) is 0 Å². The number of nitrogens with zero attached hydrogens (tertiary/aromatic N) is 3. The van der Waals surface area contributed by atoms with Gasteiger partial charge in [0, 0.05) is 12.6 Å². The van der Waals surface area contributed by atoms with Crippen molar-refractivity contribution in [2.75, 3.05) is 13.7 Å². The van der Waals surface area contributed by atoms with Gasteiger partial charge in [0.05, 0.1) is 26.0 Å². The van der Waals surface area contributed by atoms with E-state index >= 15 is 0 Å². The molecule has 2 heterocycles. The van der Waals surface area contributed by atoms with Crippen molar-refractivity contribution in [3.8, 4) is 5.75 Å². The van der Waals surface area contributed by atoms with Crippen LogP contribution < -0.4 is 15.4 Å². The number of carbonyl (C=O) groups is 3. The molecule has 2 N–H and O–H groups in total. The molecule has 10 nitrogen and oxygen atoms in total. The van der Waals surface area contributed by atoms with Crippen LogP contribution in [0.25, 0.3) is 0 Å². The summed E-state index contributed by atoms with van der Waals surface area (Å²) in [4.78, 5) is 39.9. The molecule has 37 heavy (non-hydrogen) atoms. The second-order valence-corrected chi connectivity index (χ2v) is 9.31. The van der Waals surface area contributed by atoms with Gasteiger partial charge in [-0.05, 0) is 43.5 Å². The van der Waals surface area contributed by atoms with Gasteiger partial charge in [0.25, 0.3) is 0 Å². The van der Waals surface area contributed by atoms with Crippen LogP contribution >= 0.6 is 0 Å². The number of amides is 2. The summed E-state index contributed by atoms with van der Waals surface area (Å²) in [5, 5.41) is 13.3. The van der Waals surface area contributed by atoms with Gasteiger partial charge in [-0.1, -0.05) is 47.7 Å². The molecule has 0 saturated carbocycles. The Balaban J connectivity index is 1.55. The molecule has 1 aromatic heterocycles. The van der Waals surface area contributed by atoms with E-state index < -0.39 is 35.5 Å². The van der Waals surface area contributed by atoms with Crippen LogP contribution in [-0.2, 0) is 32.0 Å².